The monoisotopic (exact) mass is 407 g/mol. The van der Waals surface area contributed by atoms with Gasteiger partial charge in [0.25, 0.3) is 0 Å². The molecule has 0 radical (unpaired) electrons. The molecular formula is C20H25NO6S. The minimum atomic E-state index is -3.04. The van der Waals surface area contributed by atoms with E-state index >= 15 is 0 Å². The number of aryl methyl sites for hydroxylation is 1. The van der Waals surface area contributed by atoms with Gasteiger partial charge in [-0.3, -0.25) is 9.69 Å². The summed E-state index contributed by atoms with van der Waals surface area (Å²) in [6, 6.07) is 10.3. The molecule has 1 fully saturated rings. The first-order valence-electron chi connectivity index (χ1n) is 9.20. The molecule has 3 rings (SSSR count). The SMILES string of the molecule is Cc1ccc(CN(CC(O)COc2cccc(C=O)c2)C2CCS(=O)(=O)C2)o1. The average molecular weight is 407 g/mol. The van der Waals surface area contributed by atoms with Gasteiger partial charge in [-0.1, -0.05) is 12.1 Å². The van der Waals surface area contributed by atoms with E-state index in [1.807, 2.05) is 24.0 Å². The van der Waals surface area contributed by atoms with E-state index in [2.05, 4.69) is 0 Å². The molecule has 2 atom stereocenters. The maximum atomic E-state index is 11.9. The van der Waals surface area contributed by atoms with E-state index in [4.69, 9.17) is 9.15 Å². The molecule has 0 aliphatic carbocycles. The normalized spacial score (nSPS) is 19.6. The summed E-state index contributed by atoms with van der Waals surface area (Å²) >= 11 is 0. The Morgan fingerprint density at radius 2 is 2.18 bits per heavy atom. The summed E-state index contributed by atoms with van der Waals surface area (Å²) in [7, 11) is -3.04. The van der Waals surface area contributed by atoms with Crippen LogP contribution >= 0.6 is 0 Å². The Balaban J connectivity index is 1.63. The van der Waals surface area contributed by atoms with Gasteiger partial charge in [0, 0.05) is 18.2 Å². The van der Waals surface area contributed by atoms with Gasteiger partial charge in [0.2, 0.25) is 0 Å². The number of sulfone groups is 1. The summed E-state index contributed by atoms with van der Waals surface area (Å²) in [4.78, 5) is 12.8. The van der Waals surface area contributed by atoms with Crippen LogP contribution in [-0.2, 0) is 16.4 Å². The molecule has 1 saturated heterocycles. The number of aliphatic hydroxyl groups excluding tert-OH is 1. The van der Waals surface area contributed by atoms with Gasteiger partial charge in [0.05, 0.1) is 18.1 Å². The Morgan fingerprint density at radius 3 is 2.82 bits per heavy atom. The zero-order valence-electron chi connectivity index (χ0n) is 15.8. The van der Waals surface area contributed by atoms with Crippen molar-refractivity contribution in [2.75, 3.05) is 24.7 Å². The van der Waals surface area contributed by atoms with Crippen molar-refractivity contribution in [1.29, 1.82) is 0 Å². The summed E-state index contributed by atoms with van der Waals surface area (Å²) in [5.74, 6) is 2.26. The number of ether oxygens (including phenoxy) is 1. The van der Waals surface area contributed by atoms with Crippen molar-refractivity contribution in [2.24, 2.45) is 0 Å². The van der Waals surface area contributed by atoms with Crippen molar-refractivity contribution in [3.8, 4) is 5.75 Å². The number of carbonyl (C=O) groups is 1. The maximum Gasteiger partial charge on any atom is 0.151 e. The number of aliphatic hydroxyl groups is 1. The number of hydrogen-bond donors (Lipinski definition) is 1. The molecule has 2 heterocycles. The molecule has 1 aliphatic rings. The highest BCUT2D eigenvalue weighted by Gasteiger charge is 2.33. The third-order valence-corrected chi connectivity index (χ3v) is 6.51. The number of nitrogens with zero attached hydrogens (tertiary/aromatic N) is 1. The highest BCUT2D eigenvalue weighted by atomic mass is 32.2. The van der Waals surface area contributed by atoms with Crippen molar-refractivity contribution in [1.82, 2.24) is 4.90 Å². The molecule has 2 aromatic rings. The maximum absolute atomic E-state index is 11.9. The molecule has 152 valence electrons. The topological polar surface area (TPSA) is 97.0 Å². The third kappa shape index (κ3) is 5.67. The van der Waals surface area contributed by atoms with Crippen molar-refractivity contribution >= 4 is 16.1 Å². The van der Waals surface area contributed by atoms with Gasteiger partial charge >= 0.3 is 0 Å². The van der Waals surface area contributed by atoms with Crippen molar-refractivity contribution in [2.45, 2.75) is 32.0 Å². The van der Waals surface area contributed by atoms with Gasteiger partial charge in [-0.25, -0.2) is 8.42 Å². The predicted octanol–water partition coefficient (Wildman–Crippen LogP) is 1.83. The molecular weight excluding hydrogens is 382 g/mol. The largest absolute Gasteiger partial charge is 0.491 e. The summed E-state index contributed by atoms with van der Waals surface area (Å²) in [5, 5.41) is 10.5. The Morgan fingerprint density at radius 1 is 1.36 bits per heavy atom. The average Bonchev–Trinajstić information content (AvgIpc) is 3.24. The number of rotatable bonds is 9. The number of carbonyl (C=O) groups excluding carboxylic acids is 1. The van der Waals surface area contributed by atoms with Crippen LogP contribution in [0.3, 0.4) is 0 Å². The lowest BCUT2D eigenvalue weighted by atomic mass is 10.2. The first-order valence-corrected chi connectivity index (χ1v) is 11.0. The van der Waals surface area contributed by atoms with Crippen molar-refractivity contribution < 1.29 is 27.5 Å². The van der Waals surface area contributed by atoms with E-state index < -0.39 is 15.9 Å². The van der Waals surface area contributed by atoms with Crippen LogP contribution < -0.4 is 4.74 Å². The molecule has 1 aromatic heterocycles. The second kappa shape index (κ2) is 8.89. The predicted molar refractivity (Wildman–Crippen MR) is 104 cm³/mol. The Labute approximate surface area is 164 Å². The Hall–Kier alpha value is -2.16. The van der Waals surface area contributed by atoms with Crippen LogP contribution in [0.1, 0.15) is 28.3 Å². The van der Waals surface area contributed by atoms with E-state index in [0.29, 0.717) is 24.3 Å². The van der Waals surface area contributed by atoms with Crippen LogP contribution in [0.4, 0.5) is 0 Å². The highest BCUT2D eigenvalue weighted by Crippen LogP contribution is 2.21. The summed E-state index contributed by atoms with van der Waals surface area (Å²) in [5.41, 5.74) is 0.498. The lowest BCUT2D eigenvalue weighted by molar-refractivity contribution is 0.0496. The molecule has 28 heavy (non-hydrogen) atoms. The van der Waals surface area contributed by atoms with Crippen LogP contribution in [0, 0.1) is 6.92 Å². The van der Waals surface area contributed by atoms with Crippen LogP contribution in [0.5, 0.6) is 5.75 Å². The molecule has 0 spiro atoms. The van der Waals surface area contributed by atoms with E-state index in [1.54, 1.807) is 24.3 Å². The highest BCUT2D eigenvalue weighted by molar-refractivity contribution is 7.91. The van der Waals surface area contributed by atoms with Gasteiger partial charge < -0.3 is 14.3 Å². The van der Waals surface area contributed by atoms with Gasteiger partial charge in [0.1, 0.15) is 36.3 Å². The lowest BCUT2D eigenvalue weighted by Crippen LogP contribution is -2.42. The van der Waals surface area contributed by atoms with E-state index in [0.717, 1.165) is 17.8 Å². The first kappa shape index (κ1) is 20.6. The molecule has 7 nitrogen and oxygen atoms in total. The molecule has 2 unspecified atom stereocenters. The molecule has 8 heteroatoms. The smallest absolute Gasteiger partial charge is 0.151 e. The molecule has 0 bridgehead atoms. The zero-order valence-corrected chi connectivity index (χ0v) is 16.6. The fraction of sp³-hybridized carbons (Fsp3) is 0.450. The molecule has 1 N–H and O–H groups in total. The Kier molecular flexibility index (Phi) is 6.53. The molecule has 1 aromatic carbocycles. The fourth-order valence-corrected chi connectivity index (χ4v) is 5.13. The zero-order chi connectivity index (χ0) is 20.1. The number of furan rings is 1. The molecule has 0 amide bonds. The minimum Gasteiger partial charge on any atom is -0.491 e. The van der Waals surface area contributed by atoms with Gasteiger partial charge in [-0.15, -0.1) is 0 Å². The second-order valence-corrected chi connectivity index (χ2v) is 9.38. The second-order valence-electron chi connectivity index (χ2n) is 7.15. The number of aldehydes is 1. The van der Waals surface area contributed by atoms with Crippen LogP contribution in [0.15, 0.2) is 40.8 Å². The quantitative estimate of drug-likeness (QED) is 0.634. The van der Waals surface area contributed by atoms with Gasteiger partial charge in [-0.05, 0) is 37.6 Å². The van der Waals surface area contributed by atoms with Gasteiger partial charge in [0.15, 0.2) is 9.84 Å². The summed E-state index contributed by atoms with van der Waals surface area (Å²) < 4.78 is 35.0. The Bertz CT molecular complexity index is 907. The molecule has 0 saturated carbocycles. The standard InChI is InChI=1S/C20H25NO6S/c1-15-5-6-20(27-15)11-21(17-7-8-28(24,25)14-17)10-18(23)13-26-19-4-2-3-16(9-19)12-22/h2-6,9,12,17-18,23H,7-8,10-11,13-14H2,1H3. The summed E-state index contributed by atoms with van der Waals surface area (Å²) in [6.07, 6.45) is 0.452. The third-order valence-electron chi connectivity index (χ3n) is 4.76. The number of hydrogen-bond acceptors (Lipinski definition) is 7. The summed E-state index contributed by atoms with van der Waals surface area (Å²) in [6.45, 7) is 2.57. The number of benzene rings is 1. The first-order chi connectivity index (χ1) is 13.3. The molecule has 1 aliphatic heterocycles. The van der Waals surface area contributed by atoms with Gasteiger partial charge in [-0.2, -0.15) is 0 Å². The van der Waals surface area contributed by atoms with E-state index in [9.17, 15) is 18.3 Å². The van der Waals surface area contributed by atoms with Crippen LogP contribution in [-0.4, -0.2) is 61.5 Å². The van der Waals surface area contributed by atoms with E-state index in [1.165, 1.54) is 0 Å². The van der Waals surface area contributed by atoms with Crippen molar-refractivity contribution in [3.05, 3.63) is 53.5 Å². The van der Waals surface area contributed by atoms with Crippen LogP contribution in [0.25, 0.3) is 0 Å². The lowest BCUT2D eigenvalue weighted by Gasteiger charge is -2.29. The van der Waals surface area contributed by atoms with E-state index in [-0.39, 0.29) is 30.7 Å². The fourth-order valence-electron chi connectivity index (χ4n) is 3.37. The van der Waals surface area contributed by atoms with Crippen molar-refractivity contribution in [3.63, 3.8) is 0 Å². The van der Waals surface area contributed by atoms with Crippen LogP contribution in [0.2, 0.25) is 0 Å². The minimum absolute atomic E-state index is 0.0372.